The number of halogens is 1. The van der Waals surface area contributed by atoms with E-state index in [4.69, 9.17) is 10.5 Å². The van der Waals surface area contributed by atoms with Crippen LogP contribution in [0.1, 0.15) is 5.69 Å². The number of rotatable bonds is 4. The Kier molecular flexibility index (Phi) is 3.57. The second-order valence-corrected chi connectivity index (χ2v) is 3.64. The maximum absolute atomic E-state index is 13.3. The molecule has 0 saturated carbocycles. The summed E-state index contributed by atoms with van der Waals surface area (Å²) in [5, 5.41) is 10.7. The van der Waals surface area contributed by atoms with Crippen LogP contribution in [0.3, 0.4) is 0 Å². The van der Waals surface area contributed by atoms with Gasteiger partial charge < -0.3 is 15.8 Å². The van der Waals surface area contributed by atoms with Gasteiger partial charge in [-0.05, 0) is 12.1 Å². The summed E-state index contributed by atoms with van der Waals surface area (Å²) in [7, 11) is 1.40. The van der Waals surface area contributed by atoms with Gasteiger partial charge in [-0.25, -0.2) is 4.39 Å². The van der Waals surface area contributed by atoms with Crippen molar-refractivity contribution in [3.05, 3.63) is 42.0 Å². The zero-order chi connectivity index (χ0) is 13.0. The summed E-state index contributed by atoms with van der Waals surface area (Å²) in [5.41, 5.74) is 7.39. The van der Waals surface area contributed by atoms with Gasteiger partial charge in [0.2, 0.25) is 0 Å². The molecule has 0 atom stereocenters. The molecular formula is C12H13FN4O. The van der Waals surface area contributed by atoms with Crippen molar-refractivity contribution in [2.24, 2.45) is 0 Å². The normalized spacial score (nSPS) is 10.1. The molecule has 3 N–H and O–H groups in total. The molecule has 2 rings (SSSR count). The quantitative estimate of drug-likeness (QED) is 0.807. The topological polar surface area (TPSA) is 73.1 Å². The summed E-state index contributed by atoms with van der Waals surface area (Å²) in [6.07, 6.45) is 1.60. The standard InChI is InChI=1S/C12H13FN4O/c1-18-12-6-11(10(14)5-9(12)13)15-7-8-3-2-4-16-17-8/h2-6,15H,7,14H2,1H3. The van der Waals surface area contributed by atoms with E-state index in [1.807, 2.05) is 6.07 Å². The van der Waals surface area contributed by atoms with Gasteiger partial charge in [-0.15, -0.1) is 0 Å². The van der Waals surface area contributed by atoms with Gasteiger partial charge in [0.1, 0.15) is 0 Å². The fourth-order valence-electron chi connectivity index (χ4n) is 1.49. The van der Waals surface area contributed by atoms with Crippen LogP contribution in [0.5, 0.6) is 5.75 Å². The molecule has 0 aliphatic carbocycles. The molecule has 0 aliphatic heterocycles. The highest BCUT2D eigenvalue weighted by Gasteiger charge is 2.08. The number of aromatic nitrogens is 2. The highest BCUT2D eigenvalue weighted by atomic mass is 19.1. The molecular weight excluding hydrogens is 235 g/mol. The molecule has 2 aromatic rings. The summed E-state index contributed by atoms with van der Waals surface area (Å²) in [6, 6.07) is 6.36. The molecule has 0 bridgehead atoms. The summed E-state index contributed by atoms with van der Waals surface area (Å²) in [4.78, 5) is 0. The van der Waals surface area contributed by atoms with E-state index >= 15 is 0 Å². The minimum Gasteiger partial charge on any atom is -0.494 e. The molecule has 0 radical (unpaired) electrons. The van der Waals surface area contributed by atoms with Crippen molar-refractivity contribution in [1.82, 2.24) is 10.2 Å². The molecule has 0 fully saturated rings. The third-order valence-electron chi connectivity index (χ3n) is 2.41. The lowest BCUT2D eigenvalue weighted by atomic mass is 10.2. The summed E-state index contributed by atoms with van der Waals surface area (Å²) in [6.45, 7) is 0.451. The number of benzene rings is 1. The first-order valence-corrected chi connectivity index (χ1v) is 5.34. The lowest BCUT2D eigenvalue weighted by molar-refractivity contribution is 0.387. The molecule has 0 unspecified atom stereocenters. The van der Waals surface area contributed by atoms with Crippen LogP contribution >= 0.6 is 0 Å². The van der Waals surface area contributed by atoms with Crippen molar-refractivity contribution < 1.29 is 9.13 Å². The van der Waals surface area contributed by atoms with E-state index in [0.29, 0.717) is 17.9 Å². The minimum atomic E-state index is -0.486. The lowest BCUT2D eigenvalue weighted by Crippen LogP contribution is -2.05. The van der Waals surface area contributed by atoms with Crippen LogP contribution in [0.15, 0.2) is 30.5 Å². The maximum Gasteiger partial charge on any atom is 0.167 e. The highest BCUT2D eigenvalue weighted by molar-refractivity contribution is 5.68. The van der Waals surface area contributed by atoms with Crippen molar-refractivity contribution in [3.63, 3.8) is 0 Å². The molecule has 6 heteroatoms. The van der Waals surface area contributed by atoms with Gasteiger partial charge in [0, 0.05) is 18.3 Å². The van der Waals surface area contributed by atoms with E-state index in [1.165, 1.54) is 19.2 Å². The van der Waals surface area contributed by atoms with Crippen molar-refractivity contribution in [3.8, 4) is 5.75 Å². The Balaban J connectivity index is 2.14. The van der Waals surface area contributed by atoms with Gasteiger partial charge in [0.15, 0.2) is 11.6 Å². The second kappa shape index (κ2) is 5.31. The molecule has 5 nitrogen and oxygen atoms in total. The Morgan fingerprint density at radius 3 is 2.94 bits per heavy atom. The first kappa shape index (κ1) is 12.1. The van der Waals surface area contributed by atoms with Crippen molar-refractivity contribution >= 4 is 11.4 Å². The summed E-state index contributed by atoms with van der Waals surface area (Å²) >= 11 is 0. The maximum atomic E-state index is 13.3. The van der Waals surface area contributed by atoms with Crippen LogP contribution in [-0.4, -0.2) is 17.3 Å². The molecule has 18 heavy (non-hydrogen) atoms. The van der Waals surface area contributed by atoms with E-state index in [1.54, 1.807) is 12.3 Å². The van der Waals surface area contributed by atoms with Crippen LogP contribution in [0, 0.1) is 5.82 Å². The van der Waals surface area contributed by atoms with Crippen LogP contribution in [0.2, 0.25) is 0 Å². The number of hydrogen-bond donors (Lipinski definition) is 2. The molecule has 0 spiro atoms. The van der Waals surface area contributed by atoms with Gasteiger partial charge in [0.25, 0.3) is 0 Å². The predicted octanol–water partition coefficient (Wildman–Crippen LogP) is 1.82. The number of methoxy groups -OCH3 is 1. The molecule has 1 heterocycles. The third-order valence-corrected chi connectivity index (χ3v) is 2.41. The highest BCUT2D eigenvalue weighted by Crippen LogP contribution is 2.28. The molecule has 1 aromatic carbocycles. The number of anilines is 2. The Labute approximate surface area is 104 Å². The largest absolute Gasteiger partial charge is 0.494 e. The molecule has 1 aromatic heterocycles. The number of ether oxygens (including phenoxy) is 1. The van der Waals surface area contributed by atoms with Crippen LogP contribution < -0.4 is 15.8 Å². The number of hydrogen-bond acceptors (Lipinski definition) is 5. The number of nitrogens with two attached hydrogens (primary N) is 1. The second-order valence-electron chi connectivity index (χ2n) is 3.64. The Hall–Kier alpha value is -2.37. The zero-order valence-electron chi connectivity index (χ0n) is 9.85. The predicted molar refractivity (Wildman–Crippen MR) is 66.7 cm³/mol. The van der Waals surface area contributed by atoms with Gasteiger partial charge in [-0.2, -0.15) is 10.2 Å². The van der Waals surface area contributed by atoms with Gasteiger partial charge in [-0.1, -0.05) is 0 Å². The average molecular weight is 248 g/mol. The molecule has 0 amide bonds. The molecule has 0 aliphatic rings. The van der Waals surface area contributed by atoms with E-state index in [2.05, 4.69) is 15.5 Å². The fourth-order valence-corrected chi connectivity index (χ4v) is 1.49. The first-order valence-electron chi connectivity index (χ1n) is 5.34. The van der Waals surface area contributed by atoms with E-state index in [0.717, 1.165) is 5.69 Å². The van der Waals surface area contributed by atoms with Crippen molar-refractivity contribution in [2.75, 3.05) is 18.2 Å². The van der Waals surface area contributed by atoms with Crippen molar-refractivity contribution in [2.45, 2.75) is 6.54 Å². The number of nitrogens with one attached hydrogen (secondary N) is 1. The van der Waals surface area contributed by atoms with Crippen LogP contribution in [0.4, 0.5) is 15.8 Å². The number of nitrogen functional groups attached to an aromatic ring is 1. The van der Waals surface area contributed by atoms with Gasteiger partial charge >= 0.3 is 0 Å². The first-order chi connectivity index (χ1) is 8.70. The van der Waals surface area contributed by atoms with Crippen LogP contribution in [0.25, 0.3) is 0 Å². The average Bonchev–Trinajstić information content (AvgIpc) is 2.39. The number of nitrogens with zero attached hydrogens (tertiary/aromatic N) is 2. The fraction of sp³-hybridized carbons (Fsp3) is 0.167. The monoisotopic (exact) mass is 248 g/mol. The molecule has 0 saturated heterocycles. The third kappa shape index (κ3) is 2.65. The zero-order valence-corrected chi connectivity index (χ0v) is 9.85. The summed E-state index contributed by atoms with van der Waals surface area (Å²) in [5.74, 6) is -0.342. The molecule has 94 valence electrons. The Bertz CT molecular complexity index is 533. The summed E-state index contributed by atoms with van der Waals surface area (Å²) < 4.78 is 18.2. The van der Waals surface area contributed by atoms with Crippen LogP contribution in [-0.2, 0) is 6.54 Å². The van der Waals surface area contributed by atoms with E-state index in [9.17, 15) is 4.39 Å². The smallest absolute Gasteiger partial charge is 0.167 e. The Morgan fingerprint density at radius 1 is 1.44 bits per heavy atom. The van der Waals surface area contributed by atoms with Gasteiger partial charge in [-0.3, -0.25) is 0 Å². The van der Waals surface area contributed by atoms with E-state index < -0.39 is 5.82 Å². The SMILES string of the molecule is COc1cc(NCc2cccnn2)c(N)cc1F. The van der Waals surface area contributed by atoms with Crippen molar-refractivity contribution in [1.29, 1.82) is 0 Å². The Morgan fingerprint density at radius 2 is 2.28 bits per heavy atom. The lowest BCUT2D eigenvalue weighted by Gasteiger charge is -2.11. The van der Waals surface area contributed by atoms with E-state index in [-0.39, 0.29) is 5.75 Å². The van der Waals surface area contributed by atoms with Gasteiger partial charge in [0.05, 0.1) is 30.7 Å². The minimum absolute atomic E-state index is 0.144.